The average Bonchev–Trinajstić information content (AvgIpc) is 3.66. The van der Waals surface area contributed by atoms with Gasteiger partial charge in [-0.25, -0.2) is 5.01 Å². The molecule has 2 bridgehead atoms. The maximum atomic E-state index is 13.7. The molecule has 6 atom stereocenters. The number of halogens is 2. The number of nitrogens with zero attached hydrogens (tertiary/aromatic N) is 3. The zero-order valence-electron chi connectivity index (χ0n) is 19.1. The van der Waals surface area contributed by atoms with E-state index < -0.39 is 46.8 Å². The molecule has 1 heterocycles. The van der Waals surface area contributed by atoms with Crippen LogP contribution in [-0.4, -0.2) is 45.0 Å². The van der Waals surface area contributed by atoms with Gasteiger partial charge in [-0.2, -0.15) is 5.01 Å². The number of hydrazine groups is 1. The number of allylic oxidation sites excluding steroid dienone is 2. The number of hydrogen-bond donors (Lipinski definition) is 0. The summed E-state index contributed by atoms with van der Waals surface area (Å²) >= 11 is 12.2. The number of carbonyl (C=O) groups excluding carboxylic acids is 4. The molecule has 2 aromatic carbocycles. The fourth-order valence-electron chi connectivity index (χ4n) is 6.23. The molecule has 37 heavy (non-hydrogen) atoms. The molecule has 2 saturated carbocycles. The first-order chi connectivity index (χ1) is 17.7. The highest BCUT2D eigenvalue weighted by atomic mass is 35.5. The van der Waals surface area contributed by atoms with Gasteiger partial charge in [0.05, 0.1) is 27.3 Å². The Morgan fingerprint density at radius 2 is 1.65 bits per heavy atom. The van der Waals surface area contributed by atoms with Crippen molar-refractivity contribution < 1.29 is 24.1 Å². The van der Waals surface area contributed by atoms with Crippen molar-refractivity contribution in [3.05, 3.63) is 85.9 Å². The van der Waals surface area contributed by atoms with Gasteiger partial charge in [0.1, 0.15) is 6.54 Å². The lowest BCUT2D eigenvalue weighted by Gasteiger charge is -2.37. The van der Waals surface area contributed by atoms with Crippen LogP contribution in [0.1, 0.15) is 27.1 Å². The number of rotatable bonds is 6. The Balaban J connectivity index is 1.38. The number of non-ortho nitro benzene ring substituents is 1. The fourth-order valence-corrected chi connectivity index (χ4v) is 6.72. The minimum atomic E-state index is -0.828. The van der Waals surface area contributed by atoms with Crippen LogP contribution < -0.4 is 0 Å². The van der Waals surface area contributed by atoms with Gasteiger partial charge in [-0.3, -0.25) is 29.3 Å². The van der Waals surface area contributed by atoms with Gasteiger partial charge >= 0.3 is 0 Å². The first-order valence-electron chi connectivity index (χ1n) is 11.8. The first-order valence-corrected chi connectivity index (χ1v) is 12.5. The van der Waals surface area contributed by atoms with Gasteiger partial charge in [0, 0.05) is 22.7 Å². The minimum absolute atomic E-state index is 0.00945. The minimum Gasteiger partial charge on any atom is -0.292 e. The Hall–Kier alpha value is -3.56. The number of nitro benzene ring substituents is 1. The molecule has 2 aromatic rings. The van der Waals surface area contributed by atoms with Crippen LogP contribution >= 0.6 is 23.2 Å². The van der Waals surface area contributed by atoms with Gasteiger partial charge in [0.2, 0.25) is 0 Å². The average molecular weight is 540 g/mol. The molecule has 9 nitrogen and oxygen atoms in total. The molecule has 3 amide bonds. The van der Waals surface area contributed by atoms with E-state index in [9.17, 15) is 29.3 Å². The van der Waals surface area contributed by atoms with Crippen LogP contribution in [0.4, 0.5) is 5.69 Å². The van der Waals surface area contributed by atoms with Gasteiger partial charge < -0.3 is 0 Å². The van der Waals surface area contributed by atoms with E-state index in [-0.39, 0.29) is 38.7 Å². The summed E-state index contributed by atoms with van der Waals surface area (Å²) in [5.74, 6) is -3.17. The zero-order chi connectivity index (χ0) is 26.2. The summed E-state index contributed by atoms with van der Waals surface area (Å²) in [5, 5.41) is 13.1. The van der Waals surface area contributed by atoms with E-state index in [1.54, 1.807) is 0 Å². The predicted octanol–water partition coefficient (Wildman–Crippen LogP) is 4.19. The van der Waals surface area contributed by atoms with E-state index in [0.717, 1.165) is 22.5 Å². The van der Waals surface area contributed by atoms with E-state index in [4.69, 9.17) is 23.2 Å². The maximum Gasteiger partial charge on any atom is 0.274 e. The summed E-state index contributed by atoms with van der Waals surface area (Å²) in [5.41, 5.74) is -0.378. The van der Waals surface area contributed by atoms with Gasteiger partial charge in [-0.15, -0.1) is 0 Å². The SMILES string of the molecule is O=C(CN(C(=O)c1ccc(Cl)cc1Cl)N1C(=O)[C@@H]2[C@H]3C=C[C@H]([C@@H]4C[C@H]34)[C@@H]2C1=O)c1cccc([N+](=O)[O-])c1. The molecule has 0 unspecified atom stereocenters. The van der Waals surface area contributed by atoms with Crippen molar-refractivity contribution in [2.24, 2.45) is 35.5 Å². The summed E-state index contributed by atoms with van der Waals surface area (Å²) in [6, 6.07) is 9.19. The highest BCUT2D eigenvalue weighted by molar-refractivity contribution is 6.36. The number of hydrogen-bond acceptors (Lipinski definition) is 6. The van der Waals surface area contributed by atoms with E-state index in [1.807, 2.05) is 12.2 Å². The maximum absolute atomic E-state index is 13.7. The lowest BCUT2D eigenvalue weighted by atomic mass is 9.63. The third-order valence-electron chi connectivity index (χ3n) is 7.95. The molecular formula is C26H19Cl2N3O6. The molecule has 188 valence electrons. The molecular weight excluding hydrogens is 521 g/mol. The summed E-state index contributed by atoms with van der Waals surface area (Å²) in [4.78, 5) is 65.0. The van der Waals surface area contributed by atoms with Crippen molar-refractivity contribution in [3.8, 4) is 0 Å². The second kappa shape index (κ2) is 8.49. The van der Waals surface area contributed by atoms with E-state index in [0.29, 0.717) is 11.8 Å². The molecule has 5 aliphatic rings. The van der Waals surface area contributed by atoms with E-state index in [1.165, 1.54) is 36.4 Å². The van der Waals surface area contributed by atoms with Gasteiger partial charge in [-0.1, -0.05) is 47.5 Å². The summed E-state index contributed by atoms with van der Waals surface area (Å²) < 4.78 is 0. The lowest BCUT2D eigenvalue weighted by molar-refractivity contribution is -0.384. The smallest absolute Gasteiger partial charge is 0.274 e. The molecule has 0 aromatic heterocycles. The zero-order valence-corrected chi connectivity index (χ0v) is 20.6. The fraction of sp³-hybridized carbons (Fsp3) is 0.308. The quantitative estimate of drug-likeness (QED) is 0.178. The van der Waals surface area contributed by atoms with E-state index in [2.05, 4.69) is 0 Å². The second-order valence-corrected chi connectivity index (χ2v) is 10.7. The van der Waals surface area contributed by atoms with Crippen molar-refractivity contribution in [2.75, 3.05) is 6.54 Å². The van der Waals surface area contributed by atoms with Crippen LogP contribution in [0.5, 0.6) is 0 Å². The number of amides is 3. The summed E-state index contributed by atoms with van der Waals surface area (Å²) in [6.07, 6.45) is 4.99. The van der Waals surface area contributed by atoms with Crippen LogP contribution in [0.2, 0.25) is 10.0 Å². The highest BCUT2D eigenvalue weighted by Crippen LogP contribution is 2.65. The number of imide groups is 1. The van der Waals surface area contributed by atoms with Gasteiger partial charge in [0.15, 0.2) is 5.78 Å². The monoisotopic (exact) mass is 539 g/mol. The lowest BCUT2D eigenvalue weighted by Crippen LogP contribution is -2.52. The standard InChI is InChI=1S/C26H19Cl2N3O6/c27-13-4-5-17(20(28)9-13)24(33)29(11-21(32)12-2-1-3-14(8-12)31(36)37)30-25(34)22-15-6-7-16(19-10-18(15)19)23(22)26(30)35/h1-9,15-16,18-19,22-23H,10-11H2/t15-,16+,18+,19-,22+,23-. The van der Waals surface area contributed by atoms with Crippen LogP contribution in [0.25, 0.3) is 0 Å². The Bertz CT molecular complexity index is 1410. The molecule has 11 heteroatoms. The third-order valence-corrected chi connectivity index (χ3v) is 8.50. The number of ketones is 1. The van der Waals surface area contributed by atoms with Gasteiger partial charge in [-0.05, 0) is 48.3 Å². The van der Waals surface area contributed by atoms with Crippen molar-refractivity contribution in [2.45, 2.75) is 6.42 Å². The summed E-state index contributed by atoms with van der Waals surface area (Å²) in [7, 11) is 0. The van der Waals surface area contributed by atoms with Crippen molar-refractivity contribution >= 4 is 52.4 Å². The Morgan fingerprint density at radius 1 is 1.00 bits per heavy atom. The van der Waals surface area contributed by atoms with E-state index >= 15 is 0 Å². The molecule has 7 rings (SSSR count). The molecule has 4 aliphatic carbocycles. The number of benzene rings is 2. The summed E-state index contributed by atoms with van der Waals surface area (Å²) in [6.45, 7) is -0.689. The predicted molar refractivity (Wildman–Crippen MR) is 131 cm³/mol. The molecule has 0 spiro atoms. The Labute approximate surface area is 220 Å². The number of nitro groups is 1. The molecule has 0 radical (unpaired) electrons. The second-order valence-electron chi connectivity index (χ2n) is 9.86. The number of Topliss-reactive ketones (excluding diaryl/α,β-unsaturated/α-hetero) is 1. The van der Waals surface area contributed by atoms with Crippen LogP contribution in [0, 0.1) is 45.6 Å². The van der Waals surface area contributed by atoms with Crippen LogP contribution in [-0.2, 0) is 9.59 Å². The first kappa shape index (κ1) is 23.8. The van der Waals surface area contributed by atoms with Crippen LogP contribution in [0.3, 0.4) is 0 Å². The normalized spacial score (nSPS) is 28.6. The third kappa shape index (κ3) is 3.67. The Kier molecular flexibility index (Phi) is 5.47. The van der Waals surface area contributed by atoms with Crippen molar-refractivity contribution in [1.29, 1.82) is 0 Å². The number of carbonyl (C=O) groups is 4. The molecule has 1 saturated heterocycles. The molecule has 3 fully saturated rings. The largest absolute Gasteiger partial charge is 0.292 e. The van der Waals surface area contributed by atoms with Crippen molar-refractivity contribution in [1.82, 2.24) is 10.0 Å². The molecule has 0 N–H and O–H groups in total. The topological polar surface area (TPSA) is 118 Å². The Morgan fingerprint density at radius 3 is 2.24 bits per heavy atom. The van der Waals surface area contributed by atoms with Gasteiger partial charge in [0.25, 0.3) is 23.4 Å². The highest BCUT2D eigenvalue weighted by Gasteiger charge is 2.68. The van der Waals surface area contributed by atoms with Crippen LogP contribution in [0.15, 0.2) is 54.6 Å². The molecule has 1 aliphatic heterocycles. The van der Waals surface area contributed by atoms with Crippen molar-refractivity contribution in [3.63, 3.8) is 0 Å².